The fourth-order valence-electron chi connectivity index (χ4n) is 5.79. The average molecular weight is 628 g/mol. The lowest BCUT2D eigenvalue weighted by atomic mass is 10.0. The second-order valence-corrected chi connectivity index (χ2v) is 12.7. The summed E-state index contributed by atoms with van der Waals surface area (Å²) in [5.41, 5.74) is 1.59. The number of amides is 1. The Balaban J connectivity index is 1.78. The molecule has 0 unspecified atom stereocenters. The van der Waals surface area contributed by atoms with Crippen LogP contribution in [0.2, 0.25) is 0 Å². The zero-order valence-corrected chi connectivity index (χ0v) is 27.4. The number of aryl methyl sites for hydroxylation is 1. The van der Waals surface area contributed by atoms with Gasteiger partial charge in [-0.25, -0.2) is 23.5 Å². The quantitative estimate of drug-likeness (QED) is 0.272. The van der Waals surface area contributed by atoms with E-state index in [0.29, 0.717) is 42.2 Å². The molecule has 4 aromatic rings. The minimum atomic E-state index is -0.638. The third-order valence-electron chi connectivity index (χ3n) is 7.87. The number of nitrogens with zero attached hydrogens (tertiary/aromatic N) is 7. The molecule has 11 nitrogen and oxygen atoms in total. The van der Waals surface area contributed by atoms with Crippen molar-refractivity contribution in [3.05, 3.63) is 69.7 Å². The van der Waals surface area contributed by atoms with E-state index in [2.05, 4.69) is 16.0 Å². The van der Waals surface area contributed by atoms with Crippen molar-refractivity contribution in [3.8, 4) is 28.8 Å². The first kappa shape index (κ1) is 32.3. The average Bonchev–Trinajstić information content (AvgIpc) is 2.99. The van der Waals surface area contributed by atoms with Gasteiger partial charge in [-0.2, -0.15) is 10.2 Å². The van der Waals surface area contributed by atoms with Crippen molar-refractivity contribution in [2.75, 3.05) is 31.6 Å². The lowest BCUT2D eigenvalue weighted by Gasteiger charge is -2.41. The Labute approximate surface area is 267 Å². The van der Waals surface area contributed by atoms with E-state index < -0.39 is 23.2 Å². The molecule has 1 aliphatic heterocycles. The maximum Gasteiger partial charge on any atom is 0.410 e. The van der Waals surface area contributed by atoms with Crippen LogP contribution in [0.4, 0.5) is 15.0 Å². The van der Waals surface area contributed by atoms with Crippen LogP contribution in [0.1, 0.15) is 64.3 Å². The number of aromatic nitrogens is 4. The van der Waals surface area contributed by atoms with Crippen LogP contribution in [0.15, 0.2) is 41.3 Å². The minimum absolute atomic E-state index is 0.0429. The number of piperazine rings is 1. The van der Waals surface area contributed by atoms with Crippen LogP contribution >= 0.6 is 0 Å². The fraction of sp³-hybridized carbons (Fsp3) is 0.412. The zero-order chi connectivity index (χ0) is 33.5. The Morgan fingerprint density at radius 1 is 1.17 bits per heavy atom. The molecule has 12 heteroatoms. The number of hydrogen-bond acceptors (Lipinski definition) is 9. The Morgan fingerprint density at radius 3 is 2.54 bits per heavy atom. The standard InChI is InChI=1S/C34H38FN7O4/c1-19(2)26-28(20(3)12-13-37-26)42-31-24(16-22(17-36)27(38-31)23-10-9-11-25(35)29(23)45-8)30(39-32(42)43)41-15-14-40(18-21(41)4)33(44)46-34(5,6)7/h9-13,16,19,21H,14-15,18H2,1-8H3/t21-/m0/s1. The second kappa shape index (κ2) is 12.4. The Kier molecular flexibility index (Phi) is 8.71. The molecule has 0 saturated carbocycles. The number of rotatable bonds is 5. The Morgan fingerprint density at radius 2 is 1.91 bits per heavy atom. The van der Waals surface area contributed by atoms with Gasteiger partial charge in [-0.3, -0.25) is 4.98 Å². The molecule has 0 bridgehead atoms. The van der Waals surface area contributed by atoms with E-state index in [-0.39, 0.29) is 40.2 Å². The number of halogens is 1. The van der Waals surface area contributed by atoms with Crippen LogP contribution in [-0.4, -0.2) is 68.9 Å². The summed E-state index contributed by atoms with van der Waals surface area (Å²) in [6.07, 6.45) is 1.28. The number of carbonyl (C=O) groups is 1. The topological polar surface area (TPSA) is 126 Å². The molecule has 4 heterocycles. The number of fused-ring (bicyclic) bond motifs is 1. The molecule has 46 heavy (non-hydrogen) atoms. The minimum Gasteiger partial charge on any atom is -0.493 e. The summed E-state index contributed by atoms with van der Waals surface area (Å²) in [4.78, 5) is 44.7. The van der Waals surface area contributed by atoms with Crippen LogP contribution < -0.4 is 15.3 Å². The van der Waals surface area contributed by atoms with Crippen LogP contribution in [0.25, 0.3) is 28.0 Å². The summed E-state index contributed by atoms with van der Waals surface area (Å²) in [5.74, 6) is -0.387. The van der Waals surface area contributed by atoms with Gasteiger partial charge in [0.25, 0.3) is 0 Å². The molecule has 1 saturated heterocycles. The number of carbonyl (C=O) groups excluding carboxylic acids is 1. The number of benzene rings is 1. The highest BCUT2D eigenvalue weighted by Gasteiger charge is 2.33. The maximum atomic E-state index is 14.9. The van der Waals surface area contributed by atoms with E-state index in [4.69, 9.17) is 14.5 Å². The summed E-state index contributed by atoms with van der Waals surface area (Å²) in [5, 5.41) is 10.8. The molecule has 0 aliphatic carbocycles. The van der Waals surface area contributed by atoms with Gasteiger partial charge < -0.3 is 19.3 Å². The highest BCUT2D eigenvalue weighted by atomic mass is 19.1. The van der Waals surface area contributed by atoms with E-state index in [1.165, 1.54) is 23.8 Å². The highest BCUT2D eigenvalue weighted by molar-refractivity contribution is 5.93. The van der Waals surface area contributed by atoms with Gasteiger partial charge >= 0.3 is 11.8 Å². The first-order chi connectivity index (χ1) is 21.7. The summed E-state index contributed by atoms with van der Waals surface area (Å²) < 4.78 is 27.3. The largest absolute Gasteiger partial charge is 0.493 e. The van der Waals surface area contributed by atoms with Gasteiger partial charge in [-0.1, -0.05) is 19.9 Å². The van der Waals surface area contributed by atoms with Gasteiger partial charge in [0.1, 0.15) is 17.5 Å². The summed E-state index contributed by atoms with van der Waals surface area (Å²) >= 11 is 0. The van der Waals surface area contributed by atoms with Crippen molar-refractivity contribution in [1.29, 1.82) is 5.26 Å². The first-order valence-corrected chi connectivity index (χ1v) is 15.2. The predicted octanol–water partition coefficient (Wildman–Crippen LogP) is 5.74. The van der Waals surface area contributed by atoms with Crippen LogP contribution in [0, 0.1) is 24.1 Å². The number of ether oxygens (including phenoxy) is 2. The third kappa shape index (κ3) is 5.97. The maximum absolute atomic E-state index is 14.9. The number of methoxy groups -OCH3 is 1. The monoisotopic (exact) mass is 627 g/mol. The molecule has 0 spiro atoms. The van der Waals surface area contributed by atoms with Crippen molar-refractivity contribution in [2.24, 2.45) is 0 Å². The van der Waals surface area contributed by atoms with Gasteiger partial charge in [0.2, 0.25) is 0 Å². The lowest BCUT2D eigenvalue weighted by molar-refractivity contribution is 0.0218. The number of para-hydroxylation sites is 1. The number of anilines is 1. The van der Waals surface area contributed by atoms with Crippen LogP contribution in [0.3, 0.4) is 0 Å². The molecule has 1 fully saturated rings. The molecule has 0 N–H and O–H groups in total. The van der Waals surface area contributed by atoms with Crippen LogP contribution in [0.5, 0.6) is 5.75 Å². The zero-order valence-electron chi connectivity index (χ0n) is 27.4. The Hall–Kier alpha value is -5.05. The molecule has 3 aromatic heterocycles. The first-order valence-electron chi connectivity index (χ1n) is 15.2. The Bertz CT molecular complexity index is 1930. The molecule has 1 aliphatic rings. The van der Waals surface area contributed by atoms with Gasteiger partial charge in [-0.05, 0) is 70.4 Å². The summed E-state index contributed by atoms with van der Waals surface area (Å²) in [7, 11) is 1.35. The molecule has 1 aromatic carbocycles. The molecular formula is C34H38FN7O4. The van der Waals surface area contributed by atoms with Gasteiger partial charge in [0.15, 0.2) is 17.2 Å². The van der Waals surface area contributed by atoms with E-state index in [0.717, 1.165) is 5.56 Å². The molecule has 5 rings (SSSR count). The molecule has 1 amide bonds. The molecule has 240 valence electrons. The third-order valence-corrected chi connectivity index (χ3v) is 7.87. The second-order valence-electron chi connectivity index (χ2n) is 12.7. The molecular weight excluding hydrogens is 589 g/mol. The number of pyridine rings is 2. The van der Waals surface area contributed by atoms with Crippen molar-refractivity contribution < 1.29 is 18.7 Å². The summed E-state index contributed by atoms with van der Waals surface area (Å²) in [6.45, 7) is 14.3. The summed E-state index contributed by atoms with van der Waals surface area (Å²) in [6, 6.07) is 9.78. The van der Waals surface area contributed by atoms with Crippen molar-refractivity contribution in [1.82, 2.24) is 24.4 Å². The van der Waals surface area contributed by atoms with E-state index in [1.807, 2.05) is 59.4 Å². The number of nitriles is 1. The predicted molar refractivity (Wildman–Crippen MR) is 173 cm³/mol. The lowest BCUT2D eigenvalue weighted by Crippen LogP contribution is -2.55. The van der Waals surface area contributed by atoms with Gasteiger partial charge in [-0.15, -0.1) is 0 Å². The van der Waals surface area contributed by atoms with Gasteiger partial charge in [0.05, 0.1) is 35.1 Å². The molecule has 0 radical (unpaired) electrons. The fourth-order valence-corrected chi connectivity index (χ4v) is 5.79. The van der Waals surface area contributed by atoms with Crippen LogP contribution in [-0.2, 0) is 4.74 Å². The van der Waals surface area contributed by atoms with E-state index in [1.54, 1.807) is 23.2 Å². The van der Waals surface area contributed by atoms with Crippen molar-refractivity contribution >= 4 is 22.9 Å². The van der Waals surface area contributed by atoms with Gasteiger partial charge in [0, 0.05) is 37.4 Å². The SMILES string of the molecule is COc1c(F)cccc1-c1nc2c(cc1C#N)c(N1CCN(C(=O)OC(C)(C)C)C[C@@H]1C)nc(=O)n2-c1c(C)ccnc1C(C)C. The smallest absolute Gasteiger partial charge is 0.410 e. The van der Waals surface area contributed by atoms with E-state index >= 15 is 0 Å². The number of hydrogen-bond donors (Lipinski definition) is 0. The normalized spacial score (nSPS) is 15.3. The molecule has 1 atom stereocenters. The van der Waals surface area contributed by atoms with E-state index in [9.17, 15) is 19.2 Å². The van der Waals surface area contributed by atoms with Crippen molar-refractivity contribution in [3.63, 3.8) is 0 Å². The highest BCUT2D eigenvalue weighted by Crippen LogP contribution is 2.37. The van der Waals surface area contributed by atoms with Crippen molar-refractivity contribution in [2.45, 2.75) is 66.0 Å².